The Hall–Kier alpha value is -1.79. The number of hydrogen-bond acceptors (Lipinski definition) is 5. The lowest BCUT2D eigenvalue weighted by Crippen LogP contribution is -2.42. The fourth-order valence-electron chi connectivity index (χ4n) is 5.37. The van der Waals surface area contributed by atoms with Crippen LogP contribution in [0.2, 0.25) is 0 Å². The molecule has 0 unspecified atom stereocenters. The normalized spacial score (nSPS) is 24.4. The van der Waals surface area contributed by atoms with Crippen molar-refractivity contribution in [1.29, 1.82) is 0 Å². The van der Waals surface area contributed by atoms with E-state index in [1.165, 1.54) is 32.1 Å². The van der Waals surface area contributed by atoms with Gasteiger partial charge in [-0.3, -0.25) is 9.69 Å². The summed E-state index contributed by atoms with van der Waals surface area (Å²) in [5, 5.41) is 3.03. The van der Waals surface area contributed by atoms with Crippen LogP contribution in [0.15, 0.2) is 18.2 Å². The maximum absolute atomic E-state index is 12.6. The zero-order chi connectivity index (χ0) is 20.4. The Balaban J connectivity index is 1.07. The molecular formula is C24H34N2O4. The number of carbonyl (C=O) groups excluding carboxylic acids is 1. The number of likely N-dealkylation sites (tertiary alicyclic amines) is 1. The highest BCUT2D eigenvalue weighted by Crippen LogP contribution is 2.47. The minimum Gasteiger partial charge on any atom is -0.448 e. The molecule has 4 aliphatic rings. The largest absolute Gasteiger partial charge is 0.448 e. The lowest BCUT2D eigenvalue weighted by Gasteiger charge is -2.34. The Morgan fingerprint density at radius 3 is 2.43 bits per heavy atom. The summed E-state index contributed by atoms with van der Waals surface area (Å²) in [5.41, 5.74) is 0.771. The van der Waals surface area contributed by atoms with Crippen molar-refractivity contribution in [2.75, 3.05) is 25.0 Å². The second-order valence-corrected chi connectivity index (χ2v) is 9.40. The van der Waals surface area contributed by atoms with Crippen LogP contribution in [-0.2, 0) is 9.53 Å². The number of nitrogens with one attached hydrogen (secondary N) is 1. The number of piperidine rings is 1. The Bertz CT molecular complexity index is 748. The molecule has 1 N–H and O–H groups in total. The first-order valence-electron chi connectivity index (χ1n) is 11.9. The smallest absolute Gasteiger partial charge is 0.251 e. The lowest BCUT2D eigenvalue weighted by atomic mass is 9.97. The maximum Gasteiger partial charge on any atom is 0.251 e. The first-order chi connectivity index (χ1) is 14.7. The predicted molar refractivity (Wildman–Crippen MR) is 115 cm³/mol. The van der Waals surface area contributed by atoms with Gasteiger partial charge >= 0.3 is 0 Å². The standard InChI is InChI=1S/C24H34N2O4/c27-23(17-26-14-10-20(11-15-26)28-19-6-2-1-3-7-19)25-18-8-9-21-22(16-18)30-24(29-21)12-4-5-13-24/h8-9,16,19-20H,1-7,10-15,17H2,(H,25,27). The van der Waals surface area contributed by atoms with Crippen LogP contribution >= 0.6 is 0 Å². The van der Waals surface area contributed by atoms with Crippen molar-refractivity contribution < 1.29 is 19.0 Å². The van der Waals surface area contributed by atoms with E-state index >= 15 is 0 Å². The van der Waals surface area contributed by atoms with Gasteiger partial charge in [0.05, 0.1) is 18.8 Å². The monoisotopic (exact) mass is 414 g/mol. The van der Waals surface area contributed by atoms with Gasteiger partial charge < -0.3 is 19.5 Å². The van der Waals surface area contributed by atoms with Crippen LogP contribution < -0.4 is 14.8 Å². The molecule has 3 fully saturated rings. The highest BCUT2D eigenvalue weighted by Gasteiger charge is 2.44. The first kappa shape index (κ1) is 20.1. The number of anilines is 1. The van der Waals surface area contributed by atoms with Crippen molar-refractivity contribution in [3.63, 3.8) is 0 Å². The van der Waals surface area contributed by atoms with Gasteiger partial charge in [0.25, 0.3) is 5.79 Å². The molecule has 1 spiro atoms. The van der Waals surface area contributed by atoms with Crippen molar-refractivity contribution in [3.8, 4) is 11.5 Å². The zero-order valence-corrected chi connectivity index (χ0v) is 17.9. The molecule has 5 rings (SSSR count). The van der Waals surface area contributed by atoms with Gasteiger partial charge in [0.2, 0.25) is 5.91 Å². The first-order valence-corrected chi connectivity index (χ1v) is 11.9. The van der Waals surface area contributed by atoms with E-state index in [4.69, 9.17) is 14.2 Å². The Kier molecular flexibility index (Phi) is 5.87. The highest BCUT2D eigenvalue weighted by molar-refractivity contribution is 5.92. The number of carbonyl (C=O) groups is 1. The van der Waals surface area contributed by atoms with Gasteiger partial charge in [-0.2, -0.15) is 0 Å². The fraction of sp³-hybridized carbons (Fsp3) is 0.708. The van der Waals surface area contributed by atoms with Crippen LogP contribution in [0.1, 0.15) is 70.6 Å². The molecular weight excluding hydrogens is 380 g/mol. The molecule has 1 amide bonds. The molecule has 0 bridgehead atoms. The highest BCUT2D eigenvalue weighted by atomic mass is 16.7. The van der Waals surface area contributed by atoms with Crippen LogP contribution in [0, 0.1) is 0 Å². The molecule has 6 heteroatoms. The van der Waals surface area contributed by atoms with Crippen LogP contribution in [0.3, 0.4) is 0 Å². The van der Waals surface area contributed by atoms with Gasteiger partial charge in [0.1, 0.15) is 0 Å². The second-order valence-electron chi connectivity index (χ2n) is 9.40. The summed E-state index contributed by atoms with van der Waals surface area (Å²) >= 11 is 0. The van der Waals surface area contributed by atoms with Gasteiger partial charge in [0, 0.05) is 37.7 Å². The van der Waals surface area contributed by atoms with Gasteiger partial charge in [-0.05, 0) is 50.7 Å². The van der Waals surface area contributed by atoms with E-state index in [0.717, 1.165) is 68.8 Å². The fourth-order valence-corrected chi connectivity index (χ4v) is 5.37. The summed E-state index contributed by atoms with van der Waals surface area (Å²) < 4.78 is 18.5. The predicted octanol–water partition coefficient (Wildman–Crippen LogP) is 4.48. The molecule has 2 saturated carbocycles. The van der Waals surface area contributed by atoms with Crippen molar-refractivity contribution in [2.24, 2.45) is 0 Å². The van der Waals surface area contributed by atoms with Crippen molar-refractivity contribution in [1.82, 2.24) is 4.90 Å². The third kappa shape index (κ3) is 4.59. The van der Waals surface area contributed by atoms with E-state index in [2.05, 4.69) is 10.2 Å². The average molecular weight is 415 g/mol. The van der Waals surface area contributed by atoms with E-state index < -0.39 is 5.79 Å². The summed E-state index contributed by atoms with van der Waals surface area (Å²) in [6.07, 6.45) is 13.4. The van der Waals surface area contributed by atoms with Crippen molar-refractivity contribution in [2.45, 2.75) is 88.6 Å². The minimum atomic E-state index is -0.463. The van der Waals surface area contributed by atoms with E-state index in [9.17, 15) is 4.79 Å². The van der Waals surface area contributed by atoms with Crippen molar-refractivity contribution >= 4 is 11.6 Å². The molecule has 6 nitrogen and oxygen atoms in total. The van der Waals surface area contributed by atoms with Crippen LogP contribution in [0.5, 0.6) is 11.5 Å². The van der Waals surface area contributed by atoms with Gasteiger partial charge in [-0.15, -0.1) is 0 Å². The van der Waals surface area contributed by atoms with E-state index in [0.29, 0.717) is 18.8 Å². The Morgan fingerprint density at radius 2 is 1.67 bits per heavy atom. The van der Waals surface area contributed by atoms with E-state index in [1.54, 1.807) is 0 Å². The van der Waals surface area contributed by atoms with Crippen LogP contribution in [0.25, 0.3) is 0 Å². The van der Waals surface area contributed by atoms with Gasteiger partial charge in [-0.25, -0.2) is 0 Å². The van der Waals surface area contributed by atoms with Gasteiger partial charge in [-0.1, -0.05) is 19.3 Å². The van der Waals surface area contributed by atoms with Crippen LogP contribution in [-0.4, -0.2) is 48.4 Å². The van der Waals surface area contributed by atoms with Gasteiger partial charge in [0.15, 0.2) is 11.5 Å². The summed E-state index contributed by atoms with van der Waals surface area (Å²) in [5.74, 6) is 1.09. The third-order valence-electron chi connectivity index (χ3n) is 7.02. The number of amides is 1. The number of nitrogens with zero attached hydrogens (tertiary/aromatic N) is 1. The van der Waals surface area contributed by atoms with Crippen LogP contribution in [0.4, 0.5) is 5.69 Å². The molecule has 2 heterocycles. The maximum atomic E-state index is 12.6. The average Bonchev–Trinajstić information content (AvgIpc) is 3.35. The molecule has 1 aromatic carbocycles. The zero-order valence-electron chi connectivity index (χ0n) is 17.9. The quantitative estimate of drug-likeness (QED) is 0.770. The topological polar surface area (TPSA) is 60.0 Å². The summed E-state index contributed by atoms with van der Waals surface area (Å²) in [6.45, 7) is 2.28. The number of benzene rings is 1. The van der Waals surface area contributed by atoms with Crippen molar-refractivity contribution in [3.05, 3.63) is 18.2 Å². The molecule has 1 saturated heterocycles. The Labute approximate surface area is 179 Å². The van der Waals surface area contributed by atoms with E-state index in [-0.39, 0.29) is 5.91 Å². The number of hydrogen-bond donors (Lipinski definition) is 1. The SMILES string of the molecule is O=C(CN1CCC(OC2CCCCC2)CC1)Nc1ccc2c(c1)OC1(CCCC1)O2. The molecule has 2 aliphatic heterocycles. The second kappa shape index (κ2) is 8.75. The lowest BCUT2D eigenvalue weighted by molar-refractivity contribution is -0.118. The molecule has 164 valence electrons. The number of fused-ring (bicyclic) bond motifs is 1. The summed E-state index contributed by atoms with van der Waals surface area (Å²) in [7, 11) is 0. The summed E-state index contributed by atoms with van der Waals surface area (Å²) in [4.78, 5) is 14.8. The third-order valence-corrected chi connectivity index (χ3v) is 7.02. The van der Waals surface area contributed by atoms with E-state index in [1.807, 2.05) is 18.2 Å². The Morgan fingerprint density at radius 1 is 0.967 bits per heavy atom. The number of rotatable bonds is 5. The summed E-state index contributed by atoms with van der Waals surface area (Å²) in [6, 6.07) is 5.70. The molecule has 2 aliphatic carbocycles. The molecule has 1 aromatic rings. The molecule has 0 atom stereocenters. The molecule has 0 aromatic heterocycles. The molecule has 30 heavy (non-hydrogen) atoms. The minimum absolute atomic E-state index is 0.0242. The molecule has 0 radical (unpaired) electrons. The number of ether oxygens (including phenoxy) is 3.